The van der Waals surface area contributed by atoms with Crippen LogP contribution in [0.1, 0.15) is 37.3 Å². The van der Waals surface area contributed by atoms with Crippen molar-refractivity contribution in [2.45, 2.75) is 38.1 Å². The third kappa shape index (κ3) is 2.07. The van der Waals surface area contributed by atoms with Crippen molar-refractivity contribution in [2.24, 2.45) is 5.92 Å². The summed E-state index contributed by atoms with van der Waals surface area (Å²) in [6.45, 7) is 3.44. The quantitative estimate of drug-likeness (QED) is 0.794. The van der Waals surface area contributed by atoms with Gasteiger partial charge in [0.2, 0.25) is 0 Å². The van der Waals surface area contributed by atoms with Gasteiger partial charge in [0.1, 0.15) is 0 Å². The molecule has 15 heavy (non-hydrogen) atoms. The zero-order chi connectivity index (χ0) is 10.1. The fraction of sp³-hybridized carbons (Fsp3) is 0.750. The summed E-state index contributed by atoms with van der Waals surface area (Å²) < 4.78 is 2.36. The molecule has 2 fully saturated rings. The zero-order valence-electron chi connectivity index (χ0n) is 9.15. The largest absolute Gasteiger partial charge is 0.334 e. The minimum atomic E-state index is 0.716. The Kier molecular flexibility index (Phi) is 2.49. The Morgan fingerprint density at radius 1 is 1.40 bits per heavy atom. The average Bonchev–Trinajstić information content (AvgIpc) is 2.86. The Bertz CT molecular complexity index is 323. The maximum atomic E-state index is 4.27. The zero-order valence-corrected chi connectivity index (χ0v) is 9.15. The van der Waals surface area contributed by atoms with Crippen LogP contribution in [0.2, 0.25) is 0 Å². The van der Waals surface area contributed by atoms with Gasteiger partial charge in [0.05, 0.1) is 6.33 Å². The molecule has 1 aromatic heterocycles. The Labute approximate surface area is 90.9 Å². The lowest BCUT2D eigenvalue weighted by Gasteiger charge is -2.27. The van der Waals surface area contributed by atoms with E-state index in [0.717, 1.165) is 19.0 Å². The lowest BCUT2D eigenvalue weighted by atomic mass is 10.00. The molecule has 1 aliphatic heterocycles. The number of aryl methyl sites for hydroxylation is 1. The van der Waals surface area contributed by atoms with Crippen molar-refractivity contribution in [2.75, 3.05) is 13.1 Å². The van der Waals surface area contributed by atoms with Crippen molar-refractivity contribution in [1.29, 1.82) is 0 Å². The van der Waals surface area contributed by atoms with Gasteiger partial charge in [-0.15, -0.1) is 0 Å². The summed E-state index contributed by atoms with van der Waals surface area (Å²) >= 11 is 0. The van der Waals surface area contributed by atoms with Crippen LogP contribution < -0.4 is 5.32 Å². The highest BCUT2D eigenvalue weighted by Gasteiger charge is 2.23. The van der Waals surface area contributed by atoms with Crippen molar-refractivity contribution in [3.05, 3.63) is 18.2 Å². The maximum absolute atomic E-state index is 4.27. The van der Waals surface area contributed by atoms with Gasteiger partial charge < -0.3 is 9.88 Å². The van der Waals surface area contributed by atoms with Gasteiger partial charge in [0.25, 0.3) is 0 Å². The molecule has 1 saturated heterocycles. The molecule has 1 aromatic rings. The molecule has 82 valence electrons. The van der Waals surface area contributed by atoms with Gasteiger partial charge in [-0.25, -0.2) is 4.98 Å². The summed E-state index contributed by atoms with van der Waals surface area (Å²) in [5.41, 5.74) is 1.43. The molecule has 0 bridgehead atoms. The molecule has 1 saturated carbocycles. The third-order valence-electron chi connectivity index (χ3n) is 3.65. The van der Waals surface area contributed by atoms with E-state index >= 15 is 0 Å². The SMILES string of the molecule is c1ncn(CCCC2CC2)c1C1CNC1. The molecule has 0 unspecified atom stereocenters. The van der Waals surface area contributed by atoms with E-state index in [0.29, 0.717) is 5.92 Å². The van der Waals surface area contributed by atoms with E-state index in [1.165, 1.54) is 37.9 Å². The average molecular weight is 205 g/mol. The maximum Gasteiger partial charge on any atom is 0.0948 e. The topological polar surface area (TPSA) is 29.9 Å². The van der Waals surface area contributed by atoms with Crippen LogP contribution in [-0.2, 0) is 6.54 Å². The molecule has 3 nitrogen and oxygen atoms in total. The molecule has 1 N–H and O–H groups in total. The molecule has 0 radical (unpaired) electrons. The Balaban J connectivity index is 1.55. The first-order valence-electron chi connectivity index (χ1n) is 6.14. The molecule has 2 aliphatic rings. The summed E-state index contributed by atoms with van der Waals surface area (Å²) in [4.78, 5) is 4.27. The molecular weight excluding hydrogens is 186 g/mol. The first-order valence-corrected chi connectivity index (χ1v) is 6.14. The monoisotopic (exact) mass is 205 g/mol. The van der Waals surface area contributed by atoms with Gasteiger partial charge in [-0.2, -0.15) is 0 Å². The van der Waals surface area contributed by atoms with E-state index in [1.807, 2.05) is 12.5 Å². The van der Waals surface area contributed by atoms with Gasteiger partial charge in [0, 0.05) is 37.4 Å². The number of hydrogen-bond donors (Lipinski definition) is 1. The summed E-state index contributed by atoms with van der Waals surface area (Å²) in [6.07, 6.45) is 9.74. The second-order valence-corrected chi connectivity index (χ2v) is 4.95. The normalized spacial score (nSPS) is 21.6. The van der Waals surface area contributed by atoms with Crippen molar-refractivity contribution in [1.82, 2.24) is 14.9 Å². The number of rotatable bonds is 5. The highest BCUT2D eigenvalue weighted by atomic mass is 15.1. The molecule has 0 amide bonds. The summed E-state index contributed by atoms with van der Waals surface area (Å²) in [6, 6.07) is 0. The Morgan fingerprint density at radius 3 is 2.93 bits per heavy atom. The molecular formula is C12H19N3. The van der Waals surface area contributed by atoms with Gasteiger partial charge in [-0.3, -0.25) is 0 Å². The molecule has 0 spiro atoms. The smallest absolute Gasteiger partial charge is 0.0948 e. The van der Waals surface area contributed by atoms with Crippen LogP contribution in [0.3, 0.4) is 0 Å². The van der Waals surface area contributed by atoms with Crippen LogP contribution in [-0.4, -0.2) is 22.6 Å². The van der Waals surface area contributed by atoms with E-state index in [9.17, 15) is 0 Å². The van der Waals surface area contributed by atoms with Crippen LogP contribution in [0, 0.1) is 5.92 Å². The minimum Gasteiger partial charge on any atom is -0.334 e. The van der Waals surface area contributed by atoms with Crippen LogP contribution in [0.4, 0.5) is 0 Å². The van der Waals surface area contributed by atoms with Crippen molar-refractivity contribution >= 4 is 0 Å². The fourth-order valence-electron chi connectivity index (χ4n) is 2.31. The van der Waals surface area contributed by atoms with Crippen LogP contribution in [0.25, 0.3) is 0 Å². The van der Waals surface area contributed by atoms with Crippen molar-refractivity contribution in [3.63, 3.8) is 0 Å². The van der Waals surface area contributed by atoms with Gasteiger partial charge in [-0.1, -0.05) is 12.8 Å². The number of aromatic nitrogens is 2. The van der Waals surface area contributed by atoms with Gasteiger partial charge in [-0.05, 0) is 18.8 Å². The second kappa shape index (κ2) is 3.97. The Hall–Kier alpha value is -0.830. The van der Waals surface area contributed by atoms with Gasteiger partial charge in [0.15, 0.2) is 0 Å². The summed E-state index contributed by atoms with van der Waals surface area (Å²) in [5.74, 6) is 1.77. The molecule has 3 heteroatoms. The van der Waals surface area contributed by atoms with Gasteiger partial charge >= 0.3 is 0 Å². The third-order valence-corrected chi connectivity index (χ3v) is 3.65. The Morgan fingerprint density at radius 2 is 2.27 bits per heavy atom. The van der Waals surface area contributed by atoms with E-state index < -0.39 is 0 Å². The predicted octanol–water partition coefficient (Wildman–Crippen LogP) is 1.76. The first-order chi connectivity index (χ1) is 7.43. The van der Waals surface area contributed by atoms with E-state index in [2.05, 4.69) is 14.9 Å². The van der Waals surface area contributed by atoms with Crippen molar-refractivity contribution in [3.8, 4) is 0 Å². The fourth-order valence-corrected chi connectivity index (χ4v) is 2.31. The van der Waals surface area contributed by atoms with Crippen molar-refractivity contribution < 1.29 is 0 Å². The van der Waals surface area contributed by atoms with Crippen LogP contribution in [0.5, 0.6) is 0 Å². The first kappa shape index (κ1) is 9.40. The number of imidazole rings is 1. The predicted molar refractivity (Wildman–Crippen MR) is 59.8 cm³/mol. The number of nitrogens with one attached hydrogen (secondary N) is 1. The molecule has 1 aliphatic carbocycles. The van der Waals surface area contributed by atoms with Crippen LogP contribution in [0.15, 0.2) is 12.5 Å². The second-order valence-electron chi connectivity index (χ2n) is 4.95. The van der Waals surface area contributed by atoms with Crippen LogP contribution >= 0.6 is 0 Å². The number of nitrogens with zero attached hydrogens (tertiary/aromatic N) is 2. The van der Waals surface area contributed by atoms with E-state index in [4.69, 9.17) is 0 Å². The van der Waals surface area contributed by atoms with E-state index in [-0.39, 0.29) is 0 Å². The lowest BCUT2D eigenvalue weighted by Crippen LogP contribution is -2.40. The minimum absolute atomic E-state index is 0.716. The standard InChI is InChI=1S/C12H19N3/c1(2-10-3-4-10)5-15-9-14-8-12(15)11-6-13-7-11/h8-11,13H,1-7H2. The molecule has 0 atom stereocenters. The molecule has 2 heterocycles. The molecule has 0 aromatic carbocycles. The summed E-state index contributed by atoms with van der Waals surface area (Å²) in [7, 11) is 0. The number of hydrogen-bond acceptors (Lipinski definition) is 2. The lowest BCUT2D eigenvalue weighted by molar-refractivity contribution is 0.419. The van der Waals surface area contributed by atoms with E-state index in [1.54, 1.807) is 0 Å². The summed E-state index contributed by atoms with van der Waals surface area (Å²) in [5, 5.41) is 3.32. The highest BCUT2D eigenvalue weighted by molar-refractivity contribution is 5.11. The molecule has 3 rings (SSSR count). The highest BCUT2D eigenvalue weighted by Crippen LogP contribution is 2.33.